The Morgan fingerprint density at radius 2 is 2.33 bits per heavy atom. The van der Waals surface area contributed by atoms with Crippen molar-refractivity contribution in [3.63, 3.8) is 0 Å². The molecule has 1 aromatic carbocycles. The fraction of sp³-hybridized carbons (Fsp3) is 0.143. The van der Waals surface area contributed by atoms with E-state index in [1.165, 1.54) is 23.5 Å². The van der Waals surface area contributed by atoms with Crippen LogP contribution < -0.4 is 5.32 Å². The van der Waals surface area contributed by atoms with E-state index in [0.29, 0.717) is 11.4 Å². The summed E-state index contributed by atoms with van der Waals surface area (Å²) in [5, 5.41) is 2.85. The highest BCUT2D eigenvalue weighted by Crippen LogP contribution is 2.22. The number of halogens is 2. The highest BCUT2D eigenvalue weighted by Gasteiger charge is 2.15. The fourth-order valence-corrected chi connectivity index (χ4v) is 3.22. The summed E-state index contributed by atoms with van der Waals surface area (Å²) in [4.78, 5) is 17.8. The standard InChI is InChI=1S/C14H11ClFN3OS/c1-8-12(21-14-17-4-5-19(8)14)13(20)18-7-9-2-3-11(16)10(15)6-9/h2-6H,7H2,1H3,(H,18,20). The minimum atomic E-state index is -0.470. The smallest absolute Gasteiger partial charge is 0.263 e. The van der Waals surface area contributed by atoms with Crippen molar-refractivity contribution < 1.29 is 9.18 Å². The SMILES string of the molecule is Cc1c(C(=O)NCc2ccc(F)c(Cl)c2)sc2nccn12. The van der Waals surface area contributed by atoms with Gasteiger partial charge in [-0.2, -0.15) is 0 Å². The summed E-state index contributed by atoms with van der Waals surface area (Å²) in [6.45, 7) is 2.16. The number of nitrogens with one attached hydrogen (secondary N) is 1. The van der Waals surface area contributed by atoms with E-state index in [-0.39, 0.29) is 10.9 Å². The first kappa shape index (κ1) is 14.0. The van der Waals surface area contributed by atoms with Gasteiger partial charge in [0.25, 0.3) is 5.91 Å². The molecule has 0 fully saturated rings. The number of carbonyl (C=O) groups is 1. The Kier molecular flexibility index (Phi) is 3.65. The van der Waals surface area contributed by atoms with E-state index in [9.17, 15) is 9.18 Å². The van der Waals surface area contributed by atoms with Gasteiger partial charge in [-0.3, -0.25) is 9.20 Å². The van der Waals surface area contributed by atoms with Gasteiger partial charge in [0, 0.05) is 24.6 Å². The molecular formula is C14H11ClFN3OS. The van der Waals surface area contributed by atoms with Crippen molar-refractivity contribution in [2.45, 2.75) is 13.5 Å². The van der Waals surface area contributed by atoms with Crippen LogP contribution in [0.2, 0.25) is 5.02 Å². The maximum absolute atomic E-state index is 13.1. The van der Waals surface area contributed by atoms with Crippen LogP contribution in [0.3, 0.4) is 0 Å². The Morgan fingerprint density at radius 3 is 3.05 bits per heavy atom. The van der Waals surface area contributed by atoms with Crippen molar-refractivity contribution in [1.29, 1.82) is 0 Å². The number of hydrogen-bond acceptors (Lipinski definition) is 3. The molecule has 4 nitrogen and oxygen atoms in total. The second-order valence-corrected chi connectivity index (χ2v) is 5.91. The largest absolute Gasteiger partial charge is 0.347 e. The molecule has 0 unspecified atom stereocenters. The van der Waals surface area contributed by atoms with E-state index in [1.807, 2.05) is 17.5 Å². The van der Waals surface area contributed by atoms with E-state index in [4.69, 9.17) is 11.6 Å². The highest BCUT2D eigenvalue weighted by molar-refractivity contribution is 7.19. The van der Waals surface area contributed by atoms with Crippen LogP contribution >= 0.6 is 22.9 Å². The van der Waals surface area contributed by atoms with Crippen LogP contribution in [-0.4, -0.2) is 15.3 Å². The van der Waals surface area contributed by atoms with Crippen molar-refractivity contribution in [2.75, 3.05) is 0 Å². The zero-order chi connectivity index (χ0) is 15.0. The summed E-state index contributed by atoms with van der Waals surface area (Å²) >= 11 is 7.05. The summed E-state index contributed by atoms with van der Waals surface area (Å²) in [5.74, 6) is -0.648. The quantitative estimate of drug-likeness (QED) is 0.802. The average Bonchev–Trinajstić information content (AvgIpc) is 3.03. The van der Waals surface area contributed by atoms with Crippen LogP contribution in [0.15, 0.2) is 30.6 Å². The number of rotatable bonds is 3. The van der Waals surface area contributed by atoms with Crippen molar-refractivity contribution in [3.05, 3.63) is 57.6 Å². The Labute approximate surface area is 129 Å². The molecule has 21 heavy (non-hydrogen) atoms. The van der Waals surface area contributed by atoms with Gasteiger partial charge in [0.1, 0.15) is 10.7 Å². The number of benzene rings is 1. The zero-order valence-electron chi connectivity index (χ0n) is 11.1. The lowest BCUT2D eigenvalue weighted by molar-refractivity contribution is 0.0954. The van der Waals surface area contributed by atoms with Crippen molar-refractivity contribution in [2.24, 2.45) is 0 Å². The Balaban J connectivity index is 1.75. The van der Waals surface area contributed by atoms with Gasteiger partial charge < -0.3 is 5.32 Å². The van der Waals surface area contributed by atoms with Crippen molar-refractivity contribution in [3.8, 4) is 0 Å². The third-order valence-electron chi connectivity index (χ3n) is 3.13. The first-order valence-corrected chi connectivity index (χ1v) is 7.40. The molecule has 0 aliphatic rings. The molecule has 0 aliphatic carbocycles. The van der Waals surface area contributed by atoms with E-state index in [1.54, 1.807) is 12.3 Å². The molecule has 2 heterocycles. The molecule has 0 aliphatic heterocycles. The van der Waals surface area contributed by atoms with E-state index >= 15 is 0 Å². The van der Waals surface area contributed by atoms with Gasteiger partial charge in [-0.15, -0.1) is 0 Å². The molecular weight excluding hydrogens is 313 g/mol. The number of carbonyl (C=O) groups excluding carboxylic acids is 1. The summed E-state index contributed by atoms with van der Waals surface area (Å²) in [7, 11) is 0. The molecule has 1 N–H and O–H groups in total. The Bertz CT molecular complexity index is 827. The van der Waals surface area contributed by atoms with Crippen LogP contribution in [0.5, 0.6) is 0 Å². The van der Waals surface area contributed by atoms with Gasteiger partial charge >= 0.3 is 0 Å². The number of thiazole rings is 1. The molecule has 0 bridgehead atoms. The summed E-state index contributed by atoms with van der Waals surface area (Å²) in [5.41, 5.74) is 1.59. The monoisotopic (exact) mass is 323 g/mol. The number of imidazole rings is 1. The number of amides is 1. The summed E-state index contributed by atoms with van der Waals surface area (Å²) < 4.78 is 14.9. The van der Waals surface area contributed by atoms with Crippen LogP contribution in [0.4, 0.5) is 4.39 Å². The van der Waals surface area contributed by atoms with Crippen molar-refractivity contribution in [1.82, 2.24) is 14.7 Å². The maximum Gasteiger partial charge on any atom is 0.263 e. The Morgan fingerprint density at radius 1 is 1.52 bits per heavy atom. The molecule has 3 rings (SSSR count). The van der Waals surface area contributed by atoms with E-state index in [2.05, 4.69) is 10.3 Å². The topological polar surface area (TPSA) is 46.4 Å². The van der Waals surface area contributed by atoms with Gasteiger partial charge in [-0.25, -0.2) is 9.37 Å². The third-order valence-corrected chi connectivity index (χ3v) is 4.59. The number of nitrogens with zero attached hydrogens (tertiary/aromatic N) is 2. The van der Waals surface area contributed by atoms with E-state index in [0.717, 1.165) is 16.2 Å². The molecule has 1 amide bonds. The first-order valence-electron chi connectivity index (χ1n) is 6.21. The Hall–Kier alpha value is -1.92. The molecule has 0 radical (unpaired) electrons. The lowest BCUT2D eigenvalue weighted by Crippen LogP contribution is -2.22. The van der Waals surface area contributed by atoms with Gasteiger partial charge in [0.05, 0.1) is 5.02 Å². The van der Waals surface area contributed by atoms with Crippen LogP contribution in [0.1, 0.15) is 20.9 Å². The van der Waals surface area contributed by atoms with Crippen LogP contribution in [0.25, 0.3) is 4.96 Å². The summed E-state index contributed by atoms with van der Waals surface area (Å²) in [6, 6.07) is 4.38. The van der Waals surface area contributed by atoms with Crippen LogP contribution in [-0.2, 0) is 6.54 Å². The zero-order valence-corrected chi connectivity index (χ0v) is 12.6. The molecule has 3 aromatic rings. The average molecular weight is 324 g/mol. The number of aryl methyl sites for hydroxylation is 1. The van der Waals surface area contributed by atoms with Gasteiger partial charge in [-0.1, -0.05) is 29.0 Å². The molecule has 0 saturated heterocycles. The highest BCUT2D eigenvalue weighted by atomic mass is 35.5. The molecule has 0 spiro atoms. The normalized spacial score (nSPS) is 11.0. The first-order chi connectivity index (χ1) is 10.1. The maximum atomic E-state index is 13.1. The molecule has 2 aromatic heterocycles. The fourth-order valence-electron chi connectivity index (χ4n) is 2.02. The predicted octanol–water partition coefficient (Wildman–Crippen LogP) is 3.43. The molecule has 0 atom stereocenters. The van der Waals surface area contributed by atoms with E-state index < -0.39 is 5.82 Å². The second-order valence-electron chi connectivity index (χ2n) is 4.53. The van der Waals surface area contributed by atoms with Gasteiger partial charge in [0.15, 0.2) is 4.96 Å². The lowest BCUT2D eigenvalue weighted by Gasteiger charge is -2.05. The molecule has 108 valence electrons. The van der Waals surface area contributed by atoms with Crippen molar-refractivity contribution >= 4 is 33.8 Å². The molecule has 0 saturated carbocycles. The second kappa shape index (κ2) is 5.46. The lowest BCUT2D eigenvalue weighted by atomic mass is 10.2. The van der Waals surface area contributed by atoms with Gasteiger partial charge in [-0.05, 0) is 24.6 Å². The number of aromatic nitrogens is 2. The van der Waals surface area contributed by atoms with Crippen LogP contribution in [0, 0.1) is 12.7 Å². The minimum Gasteiger partial charge on any atom is -0.347 e. The van der Waals surface area contributed by atoms with Gasteiger partial charge in [0.2, 0.25) is 0 Å². The minimum absolute atomic E-state index is 0.0486. The summed E-state index contributed by atoms with van der Waals surface area (Å²) in [6.07, 6.45) is 3.51. The number of fused-ring (bicyclic) bond motifs is 1. The third kappa shape index (κ3) is 2.64. The predicted molar refractivity (Wildman–Crippen MR) is 80.4 cm³/mol. The number of hydrogen-bond donors (Lipinski definition) is 1. The molecule has 7 heteroatoms.